The second kappa shape index (κ2) is 4.06. The van der Waals surface area contributed by atoms with E-state index in [-0.39, 0.29) is 4.80 Å². The Morgan fingerprint density at radius 1 is 0.765 bits per heavy atom. The molecular weight excluding hydrogens is 315 g/mol. The lowest BCUT2D eigenvalue weighted by molar-refractivity contribution is 0.378. The molecule has 0 aliphatic rings. The van der Waals surface area contributed by atoms with E-state index in [0.29, 0.717) is 0 Å². The van der Waals surface area contributed by atoms with E-state index in [2.05, 4.69) is 30.5 Å². The predicted octanol–water partition coefficient (Wildman–Crippen LogP) is 3.19. The number of aromatic nitrogens is 2. The minimum Gasteiger partial charge on any atom is -0.411 e. The van der Waals surface area contributed by atoms with Crippen LogP contribution in [0.4, 0.5) is 22.0 Å². The molecular formula is C8BrF5N2O. The lowest BCUT2D eigenvalue weighted by Crippen LogP contribution is -2.04. The highest BCUT2D eigenvalue weighted by Crippen LogP contribution is 2.31. The summed E-state index contributed by atoms with van der Waals surface area (Å²) in [6.45, 7) is 0. The van der Waals surface area contributed by atoms with Gasteiger partial charge in [0.2, 0.25) is 5.82 Å². The van der Waals surface area contributed by atoms with Gasteiger partial charge in [-0.1, -0.05) is 0 Å². The van der Waals surface area contributed by atoms with Gasteiger partial charge in [-0.25, -0.2) is 22.0 Å². The van der Waals surface area contributed by atoms with Gasteiger partial charge in [-0.2, -0.15) is 0 Å². The minimum atomic E-state index is -2.25. The van der Waals surface area contributed by atoms with Crippen molar-refractivity contribution in [3.8, 4) is 11.5 Å². The van der Waals surface area contributed by atoms with E-state index in [1.165, 1.54) is 0 Å². The van der Waals surface area contributed by atoms with Crippen LogP contribution in [0, 0.1) is 29.1 Å². The zero-order valence-corrected chi connectivity index (χ0v) is 9.16. The van der Waals surface area contributed by atoms with Crippen LogP contribution in [0.15, 0.2) is 9.22 Å². The van der Waals surface area contributed by atoms with Crippen molar-refractivity contribution in [2.45, 2.75) is 0 Å². The molecule has 0 aliphatic heterocycles. The molecule has 0 aliphatic carbocycles. The minimum absolute atomic E-state index is 0.253. The van der Waals surface area contributed by atoms with E-state index < -0.39 is 40.5 Å². The average molecular weight is 315 g/mol. The highest BCUT2D eigenvalue weighted by Gasteiger charge is 2.29. The molecule has 2 aromatic rings. The van der Waals surface area contributed by atoms with Gasteiger partial charge in [0.15, 0.2) is 23.3 Å². The monoisotopic (exact) mass is 314 g/mol. The van der Waals surface area contributed by atoms with Crippen molar-refractivity contribution in [2.24, 2.45) is 0 Å². The average Bonchev–Trinajstić information content (AvgIpc) is 2.71. The largest absolute Gasteiger partial charge is 0.411 e. The summed E-state index contributed by atoms with van der Waals surface area (Å²) in [6, 6.07) is 0. The quantitative estimate of drug-likeness (QED) is 0.461. The van der Waals surface area contributed by atoms with Gasteiger partial charge in [0, 0.05) is 15.9 Å². The molecule has 3 nitrogen and oxygen atoms in total. The van der Waals surface area contributed by atoms with E-state index in [9.17, 15) is 22.0 Å². The van der Waals surface area contributed by atoms with E-state index in [0.717, 1.165) is 0 Å². The van der Waals surface area contributed by atoms with E-state index in [1.54, 1.807) is 0 Å². The topological polar surface area (TPSA) is 38.9 Å². The summed E-state index contributed by atoms with van der Waals surface area (Å²) in [4.78, 5) is -0.253. The van der Waals surface area contributed by atoms with Crippen LogP contribution in [0.5, 0.6) is 0 Å². The Balaban J connectivity index is 2.78. The summed E-state index contributed by atoms with van der Waals surface area (Å²) in [6.07, 6.45) is 0. The Kier molecular flexibility index (Phi) is 2.86. The van der Waals surface area contributed by atoms with Gasteiger partial charge in [-0.3, -0.25) is 0 Å². The molecule has 0 saturated carbocycles. The molecule has 0 radical (unpaired) electrons. The van der Waals surface area contributed by atoms with Crippen molar-refractivity contribution in [1.29, 1.82) is 0 Å². The lowest BCUT2D eigenvalue weighted by atomic mass is 10.1. The van der Waals surface area contributed by atoms with Crippen LogP contribution in [0.25, 0.3) is 11.5 Å². The molecule has 1 aromatic heterocycles. The molecule has 0 N–H and O–H groups in total. The van der Waals surface area contributed by atoms with Crippen molar-refractivity contribution in [3.05, 3.63) is 33.9 Å². The van der Waals surface area contributed by atoms with Crippen LogP contribution in [-0.4, -0.2) is 10.2 Å². The molecule has 0 unspecified atom stereocenters. The Morgan fingerprint density at radius 3 is 1.65 bits per heavy atom. The first kappa shape index (κ1) is 12.0. The van der Waals surface area contributed by atoms with Gasteiger partial charge in [0.05, 0.1) is 0 Å². The van der Waals surface area contributed by atoms with E-state index >= 15 is 0 Å². The van der Waals surface area contributed by atoms with Crippen molar-refractivity contribution in [3.63, 3.8) is 0 Å². The number of rotatable bonds is 1. The third-order valence-corrected chi connectivity index (χ3v) is 2.14. The fourth-order valence-corrected chi connectivity index (χ4v) is 1.33. The van der Waals surface area contributed by atoms with Gasteiger partial charge in [-0.05, 0) is 0 Å². The summed E-state index contributed by atoms with van der Waals surface area (Å²) in [5.74, 6) is -11.3. The van der Waals surface area contributed by atoms with Crippen molar-refractivity contribution in [1.82, 2.24) is 10.2 Å². The summed E-state index contributed by atoms with van der Waals surface area (Å²) >= 11 is 2.68. The van der Waals surface area contributed by atoms with E-state index in [1.807, 2.05) is 0 Å². The molecule has 9 heteroatoms. The van der Waals surface area contributed by atoms with Crippen LogP contribution in [0.1, 0.15) is 0 Å². The van der Waals surface area contributed by atoms with Gasteiger partial charge in [0.1, 0.15) is 5.56 Å². The molecule has 0 spiro atoms. The molecule has 2 rings (SSSR count). The normalized spacial score (nSPS) is 10.9. The van der Waals surface area contributed by atoms with Crippen LogP contribution < -0.4 is 0 Å². The number of halogens is 6. The van der Waals surface area contributed by atoms with Crippen molar-refractivity contribution >= 4 is 15.9 Å². The molecule has 0 fully saturated rings. The SMILES string of the molecule is Fc1c(F)c(F)c(-c2nnc(Br)o2)c(F)c1F. The van der Waals surface area contributed by atoms with Crippen LogP contribution in [0.2, 0.25) is 0 Å². The highest BCUT2D eigenvalue weighted by atomic mass is 79.9. The van der Waals surface area contributed by atoms with Crippen LogP contribution in [-0.2, 0) is 0 Å². The van der Waals surface area contributed by atoms with Crippen LogP contribution >= 0.6 is 15.9 Å². The van der Waals surface area contributed by atoms with Crippen LogP contribution in [0.3, 0.4) is 0 Å². The first-order chi connectivity index (χ1) is 7.93. The molecule has 0 atom stereocenters. The number of hydrogen-bond donors (Lipinski definition) is 0. The number of hydrogen-bond acceptors (Lipinski definition) is 3. The van der Waals surface area contributed by atoms with Gasteiger partial charge < -0.3 is 4.42 Å². The molecule has 1 aromatic carbocycles. The number of nitrogens with zero attached hydrogens (tertiary/aromatic N) is 2. The molecule has 1 heterocycles. The maximum absolute atomic E-state index is 13.2. The summed E-state index contributed by atoms with van der Waals surface area (Å²) in [7, 11) is 0. The Labute approximate surface area is 98.4 Å². The fraction of sp³-hybridized carbons (Fsp3) is 0. The lowest BCUT2D eigenvalue weighted by Gasteiger charge is -2.03. The zero-order valence-electron chi connectivity index (χ0n) is 7.57. The Morgan fingerprint density at radius 2 is 1.24 bits per heavy atom. The van der Waals surface area contributed by atoms with E-state index in [4.69, 9.17) is 0 Å². The molecule has 0 saturated heterocycles. The van der Waals surface area contributed by atoms with Gasteiger partial charge in [-0.15, -0.1) is 10.2 Å². The zero-order chi connectivity index (χ0) is 12.7. The first-order valence-corrected chi connectivity index (χ1v) is 4.73. The maximum atomic E-state index is 13.2. The summed E-state index contributed by atoms with van der Waals surface area (Å²) < 4.78 is 69.4. The second-order valence-electron chi connectivity index (χ2n) is 2.81. The number of benzene rings is 1. The van der Waals surface area contributed by atoms with Gasteiger partial charge >= 0.3 is 0 Å². The third-order valence-electron chi connectivity index (χ3n) is 1.82. The Bertz CT molecular complexity index is 571. The standard InChI is InChI=1S/C8BrF5N2O/c9-8-16-15-7(17-8)1-2(10)4(12)6(14)5(13)3(1)11. The third kappa shape index (κ3) is 1.79. The Hall–Kier alpha value is -1.51. The summed E-state index contributed by atoms with van der Waals surface area (Å²) in [5.41, 5.74) is -1.26. The predicted molar refractivity (Wildman–Crippen MR) is 47.2 cm³/mol. The first-order valence-electron chi connectivity index (χ1n) is 3.94. The highest BCUT2D eigenvalue weighted by molar-refractivity contribution is 9.10. The molecule has 0 bridgehead atoms. The smallest absolute Gasteiger partial charge is 0.285 e. The second-order valence-corrected chi connectivity index (χ2v) is 3.48. The van der Waals surface area contributed by atoms with Crippen molar-refractivity contribution in [2.75, 3.05) is 0 Å². The van der Waals surface area contributed by atoms with Crippen molar-refractivity contribution < 1.29 is 26.4 Å². The fourth-order valence-electron chi connectivity index (χ4n) is 1.10. The summed E-state index contributed by atoms with van der Waals surface area (Å²) in [5, 5.41) is 6.31. The molecule has 90 valence electrons. The molecule has 17 heavy (non-hydrogen) atoms. The maximum Gasteiger partial charge on any atom is 0.285 e. The molecule has 0 amide bonds. The van der Waals surface area contributed by atoms with Gasteiger partial charge in [0.25, 0.3) is 10.7 Å².